The largest absolute Gasteiger partial charge is 0.394 e. The van der Waals surface area contributed by atoms with Crippen molar-refractivity contribution in [2.45, 2.75) is 32.9 Å². The number of aromatic nitrogens is 3. The van der Waals surface area contributed by atoms with Crippen LogP contribution in [0, 0.1) is 6.92 Å². The Hall–Kier alpha value is -1.46. The first-order valence-electron chi connectivity index (χ1n) is 6.07. The average Bonchev–Trinajstić information content (AvgIpc) is 2.63. The molecule has 0 radical (unpaired) electrons. The van der Waals surface area contributed by atoms with Gasteiger partial charge < -0.3 is 10.4 Å². The van der Waals surface area contributed by atoms with Crippen molar-refractivity contribution in [2.75, 3.05) is 6.61 Å². The lowest BCUT2D eigenvalue weighted by atomic mass is 10.1. The highest BCUT2D eigenvalue weighted by molar-refractivity contribution is 5.78. The molecule has 0 saturated heterocycles. The first-order chi connectivity index (χ1) is 8.43. The fraction of sp³-hybridized carbons (Fsp3) is 0.538. The number of pyridine rings is 1. The van der Waals surface area contributed by atoms with Gasteiger partial charge in [0.2, 0.25) is 0 Å². The van der Waals surface area contributed by atoms with E-state index in [1.165, 1.54) is 0 Å². The average molecular weight is 248 g/mol. The minimum absolute atomic E-state index is 0.106. The normalized spacial score (nSPS) is 12.3. The number of rotatable bonds is 4. The highest BCUT2D eigenvalue weighted by Gasteiger charge is 2.15. The van der Waals surface area contributed by atoms with Crippen LogP contribution in [0.4, 0.5) is 0 Å². The molecule has 5 heteroatoms. The lowest BCUT2D eigenvalue weighted by molar-refractivity contribution is 0.187. The van der Waals surface area contributed by atoms with Gasteiger partial charge >= 0.3 is 0 Å². The molecule has 2 heterocycles. The minimum Gasteiger partial charge on any atom is -0.394 e. The van der Waals surface area contributed by atoms with Gasteiger partial charge in [-0.05, 0) is 32.4 Å². The number of aliphatic hydroxyl groups is 1. The number of hydrogen-bond donors (Lipinski definition) is 2. The van der Waals surface area contributed by atoms with Crippen molar-refractivity contribution in [2.24, 2.45) is 7.05 Å². The Morgan fingerprint density at radius 1 is 1.44 bits per heavy atom. The van der Waals surface area contributed by atoms with Crippen LogP contribution in [0.2, 0.25) is 0 Å². The van der Waals surface area contributed by atoms with E-state index in [2.05, 4.69) is 21.5 Å². The molecule has 0 bridgehead atoms. The van der Waals surface area contributed by atoms with Gasteiger partial charge in [0.15, 0.2) is 5.65 Å². The first kappa shape index (κ1) is 13.0. The SMILES string of the molecule is Cc1nn(C)c2ncc(CNC(C)(C)CO)cc12. The van der Waals surface area contributed by atoms with Gasteiger partial charge in [-0.3, -0.25) is 4.68 Å². The van der Waals surface area contributed by atoms with E-state index in [1.807, 2.05) is 34.0 Å². The molecule has 0 aliphatic rings. The number of aliphatic hydroxyl groups excluding tert-OH is 1. The number of aryl methyl sites for hydroxylation is 2. The molecule has 0 aliphatic heterocycles. The summed E-state index contributed by atoms with van der Waals surface area (Å²) in [6, 6.07) is 2.10. The minimum atomic E-state index is -0.279. The Balaban J connectivity index is 2.23. The van der Waals surface area contributed by atoms with Crippen LogP contribution in [0.5, 0.6) is 0 Å². The van der Waals surface area contributed by atoms with Crippen molar-refractivity contribution in [3.8, 4) is 0 Å². The van der Waals surface area contributed by atoms with E-state index in [1.54, 1.807) is 4.68 Å². The summed E-state index contributed by atoms with van der Waals surface area (Å²) in [6.07, 6.45) is 1.85. The van der Waals surface area contributed by atoms with Crippen molar-refractivity contribution in [3.63, 3.8) is 0 Å². The predicted molar refractivity (Wildman–Crippen MR) is 71.3 cm³/mol. The molecule has 0 saturated carbocycles. The second kappa shape index (κ2) is 4.66. The zero-order valence-corrected chi connectivity index (χ0v) is 11.4. The van der Waals surface area contributed by atoms with Crippen LogP contribution in [0.3, 0.4) is 0 Å². The first-order valence-corrected chi connectivity index (χ1v) is 6.07. The molecule has 98 valence electrons. The Labute approximate surface area is 107 Å². The van der Waals surface area contributed by atoms with E-state index < -0.39 is 0 Å². The standard InChI is InChI=1S/C13H20N4O/c1-9-11-5-10(7-15-13(2,3)8-18)6-14-12(11)17(4)16-9/h5-6,15,18H,7-8H2,1-4H3. The van der Waals surface area contributed by atoms with E-state index >= 15 is 0 Å². The predicted octanol–water partition coefficient (Wildman–Crippen LogP) is 1.14. The summed E-state index contributed by atoms with van der Waals surface area (Å²) in [7, 11) is 1.90. The van der Waals surface area contributed by atoms with Crippen molar-refractivity contribution in [1.82, 2.24) is 20.1 Å². The van der Waals surface area contributed by atoms with E-state index in [0.717, 1.165) is 22.3 Å². The fourth-order valence-electron chi connectivity index (χ4n) is 1.85. The molecule has 18 heavy (non-hydrogen) atoms. The molecule has 0 aliphatic carbocycles. The van der Waals surface area contributed by atoms with Crippen molar-refractivity contribution in [3.05, 3.63) is 23.5 Å². The molecular weight excluding hydrogens is 228 g/mol. The van der Waals surface area contributed by atoms with Crippen LogP contribution in [0.1, 0.15) is 25.1 Å². The summed E-state index contributed by atoms with van der Waals surface area (Å²) >= 11 is 0. The molecule has 2 rings (SSSR count). The molecule has 2 N–H and O–H groups in total. The lowest BCUT2D eigenvalue weighted by Gasteiger charge is -2.23. The topological polar surface area (TPSA) is 63.0 Å². The van der Waals surface area contributed by atoms with Gasteiger partial charge in [-0.1, -0.05) is 0 Å². The molecule has 0 spiro atoms. The van der Waals surface area contributed by atoms with E-state index in [0.29, 0.717) is 6.54 Å². The Morgan fingerprint density at radius 3 is 2.83 bits per heavy atom. The molecule has 0 atom stereocenters. The molecule has 5 nitrogen and oxygen atoms in total. The Bertz CT molecular complexity index is 559. The van der Waals surface area contributed by atoms with Gasteiger partial charge in [0.05, 0.1) is 12.3 Å². The summed E-state index contributed by atoms with van der Waals surface area (Å²) in [4.78, 5) is 4.43. The van der Waals surface area contributed by atoms with Crippen LogP contribution in [0.25, 0.3) is 11.0 Å². The Kier molecular flexibility index (Phi) is 3.36. The Morgan fingerprint density at radius 2 is 2.17 bits per heavy atom. The van der Waals surface area contributed by atoms with Gasteiger partial charge in [-0.15, -0.1) is 0 Å². The molecule has 2 aromatic heterocycles. The number of nitrogens with zero attached hydrogens (tertiary/aromatic N) is 3. The number of fused-ring (bicyclic) bond motifs is 1. The highest BCUT2D eigenvalue weighted by atomic mass is 16.3. The molecule has 2 aromatic rings. The molecule has 0 aromatic carbocycles. The van der Waals surface area contributed by atoms with Crippen LogP contribution >= 0.6 is 0 Å². The van der Waals surface area contributed by atoms with Gasteiger partial charge in [0.1, 0.15) is 0 Å². The van der Waals surface area contributed by atoms with E-state index in [-0.39, 0.29) is 12.1 Å². The smallest absolute Gasteiger partial charge is 0.157 e. The second-order valence-electron chi connectivity index (χ2n) is 5.32. The zero-order valence-electron chi connectivity index (χ0n) is 11.4. The molecular formula is C13H20N4O. The van der Waals surface area contributed by atoms with E-state index in [4.69, 9.17) is 0 Å². The lowest BCUT2D eigenvalue weighted by Crippen LogP contribution is -2.42. The number of nitrogens with one attached hydrogen (secondary N) is 1. The van der Waals surface area contributed by atoms with E-state index in [9.17, 15) is 5.11 Å². The van der Waals surface area contributed by atoms with Gasteiger partial charge in [0.25, 0.3) is 0 Å². The maximum Gasteiger partial charge on any atom is 0.157 e. The van der Waals surface area contributed by atoms with Crippen molar-refractivity contribution in [1.29, 1.82) is 0 Å². The zero-order chi connectivity index (χ0) is 13.3. The van der Waals surface area contributed by atoms with Crippen molar-refractivity contribution < 1.29 is 5.11 Å². The molecule has 0 unspecified atom stereocenters. The summed E-state index contributed by atoms with van der Waals surface area (Å²) in [5, 5.41) is 17.9. The van der Waals surface area contributed by atoms with Crippen LogP contribution in [0.15, 0.2) is 12.3 Å². The third kappa shape index (κ3) is 2.52. The maximum absolute atomic E-state index is 9.20. The van der Waals surface area contributed by atoms with Crippen molar-refractivity contribution >= 4 is 11.0 Å². The molecule has 0 fully saturated rings. The summed E-state index contributed by atoms with van der Waals surface area (Å²) in [5.74, 6) is 0. The van der Waals surface area contributed by atoms with Gasteiger partial charge in [0, 0.05) is 30.7 Å². The van der Waals surface area contributed by atoms with Crippen LogP contribution < -0.4 is 5.32 Å². The quantitative estimate of drug-likeness (QED) is 0.851. The number of hydrogen-bond acceptors (Lipinski definition) is 4. The monoisotopic (exact) mass is 248 g/mol. The van der Waals surface area contributed by atoms with Gasteiger partial charge in [-0.2, -0.15) is 5.10 Å². The fourth-order valence-corrected chi connectivity index (χ4v) is 1.85. The highest BCUT2D eigenvalue weighted by Crippen LogP contribution is 2.16. The molecule has 0 amide bonds. The maximum atomic E-state index is 9.20. The third-order valence-corrected chi connectivity index (χ3v) is 3.09. The summed E-state index contributed by atoms with van der Waals surface area (Å²) in [5.41, 5.74) is 2.71. The van der Waals surface area contributed by atoms with Gasteiger partial charge in [-0.25, -0.2) is 4.98 Å². The van der Waals surface area contributed by atoms with Crippen LogP contribution in [-0.2, 0) is 13.6 Å². The third-order valence-electron chi connectivity index (χ3n) is 3.09. The van der Waals surface area contributed by atoms with Crippen LogP contribution in [-0.4, -0.2) is 32.0 Å². The summed E-state index contributed by atoms with van der Waals surface area (Å²) < 4.78 is 1.79. The summed E-state index contributed by atoms with van der Waals surface area (Å²) in [6.45, 7) is 6.71. The second-order valence-corrected chi connectivity index (χ2v) is 5.32.